The van der Waals surface area contributed by atoms with E-state index in [4.69, 9.17) is 5.73 Å². The average Bonchev–Trinajstić information content (AvgIpc) is 2.44. The molecule has 1 aromatic rings. The average molecular weight is 280 g/mol. The second kappa shape index (κ2) is 7.43. The van der Waals surface area contributed by atoms with Crippen molar-refractivity contribution in [2.45, 2.75) is 47.1 Å². The largest absolute Gasteiger partial charge is 0.365 e. The normalized spacial score (nSPS) is 11.9. The fourth-order valence-corrected chi connectivity index (χ4v) is 2.24. The van der Waals surface area contributed by atoms with E-state index in [0.717, 1.165) is 12.8 Å². The Morgan fingerprint density at radius 1 is 1.40 bits per heavy atom. The van der Waals surface area contributed by atoms with E-state index in [1.54, 1.807) is 17.0 Å². The zero-order valence-corrected chi connectivity index (χ0v) is 13.1. The van der Waals surface area contributed by atoms with Crippen LogP contribution in [0.2, 0.25) is 0 Å². The maximum Gasteiger partial charge on any atom is 0.293 e. The molecule has 0 radical (unpaired) electrons. The molecule has 0 saturated carbocycles. The third-order valence-corrected chi connectivity index (χ3v) is 4.04. The number of anilines is 1. The molecule has 114 valence electrons. The Hall–Kier alpha value is -1.36. The number of aromatic nitrogens is 2. The van der Waals surface area contributed by atoms with Gasteiger partial charge in [-0.2, -0.15) is 0 Å². The zero-order chi connectivity index (χ0) is 15.2. The van der Waals surface area contributed by atoms with Gasteiger partial charge in [0.1, 0.15) is 0 Å². The lowest BCUT2D eigenvalue weighted by atomic mass is 9.82. The van der Waals surface area contributed by atoms with Gasteiger partial charge in [-0.1, -0.05) is 27.7 Å². The van der Waals surface area contributed by atoms with Crippen LogP contribution in [0, 0.1) is 11.3 Å². The molecule has 0 bridgehead atoms. The highest BCUT2D eigenvalue weighted by Crippen LogP contribution is 2.24. The summed E-state index contributed by atoms with van der Waals surface area (Å²) in [7, 11) is 0. The van der Waals surface area contributed by atoms with Crippen molar-refractivity contribution in [3.05, 3.63) is 22.7 Å². The molecule has 5 nitrogen and oxygen atoms in total. The molecule has 1 aromatic heterocycles. The maximum absolute atomic E-state index is 12.3. The number of rotatable bonds is 8. The summed E-state index contributed by atoms with van der Waals surface area (Å²) >= 11 is 0. The van der Waals surface area contributed by atoms with Gasteiger partial charge in [0.25, 0.3) is 5.56 Å². The van der Waals surface area contributed by atoms with Crippen LogP contribution in [0.3, 0.4) is 0 Å². The summed E-state index contributed by atoms with van der Waals surface area (Å²) in [6.45, 7) is 10.5. The predicted molar refractivity (Wildman–Crippen MR) is 83.9 cm³/mol. The van der Waals surface area contributed by atoms with Crippen molar-refractivity contribution in [2.75, 3.05) is 18.4 Å². The minimum Gasteiger partial charge on any atom is -0.365 e. The minimum absolute atomic E-state index is 0.0346. The van der Waals surface area contributed by atoms with Crippen LogP contribution in [-0.2, 0) is 6.54 Å². The summed E-state index contributed by atoms with van der Waals surface area (Å²) in [6.07, 6.45) is 5.39. The third-order valence-electron chi connectivity index (χ3n) is 4.04. The summed E-state index contributed by atoms with van der Waals surface area (Å²) in [5.41, 5.74) is 5.86. The second-order valence-electron chi connectivity index (χ2n) is 5.89. The monoisotopic (exact) mass is 280 g/mol. The SMILES string of the molecule is CCC(CC)(CN)CNc1nccn(CC(C)C)c1=O. The van der Waals surface area contributed by atoms with Gasteiger partial charge in [0.15, 0.2) is 5.82 Å². The first-order valence-corrected chi connectivity index (χ1v) is 7.47. The van der Waals surface area contributed by atoms with Crippen molar-refractivity contribution in [1.82, 2.24) is 9.55 Å². The van der Waals surface area contributed by atoms with Crippen molar-refractivity contribution >= 4 is 5.82 Å². The lowest BCUT2D eigenvalue weighted by Crippen LogP contribution is -2.38. The van der Waals surface area contributed by atoms with Crippen LogP contribution in [0.1, 0.15) is 40.5 Å². The molecule has 0 aliphatic carbocycles. The summed E-state index contributed by atoms with van der Waals surface area (Å²) in [5.74, 6) is 0.852. The van der Waals surface area contributed by atoms with E-state index in [0.29, 0.717) is 31.4 Å². The molecule has 20 heavy (non-hydrogen) atoms. The number of hydrogen-bond donors (Lipinski definition) is 2. The van der Waals surface area contributed by atoms with Gasteiger partial charge >= 0.3 is 0 Å². The molecule has 0 aromatic carbocycles. The van der Waals surface area contributed by atoms with Gasteiger partial charge in [-0.15, -0.1) is 0 Å². The van der Waals surface area contributed by atoms with Crippen LogP contribution in [0.5, 0.6) is 0 Å². The van der Waals surface area contributed by atoms with E-state index < -0.39 is 0 Å². The van der Waals surface area contributed by atoms with Crippen molar-refractivity contribution in [2.24, 2.45) is 17.1 Å². The molecule has 0 atom stereocenters. The topological polar surface area (TPSA) is 72.9 Å². The Bertz CT molecular complexity index is 455. The highest BCUT2D eigenvalue weighted by Gasteiger charge is 2.24. The molecule has 1 rings (SSSR count). The van der Waals surface area contributed by atoms with Gasteiger partial charge in [-0.25, -0.2) is 4.98 Å². The molecular formula is C15H28N4O. The Morgan fingerprint density at radius 2 is 2.05 bits per heavy atom. The Balaban J connectivity index is 2.86. The molecule has 0 saturated heterocycles. The highest BCUT2D eigenvalue weighted by molar-refractivity contribution is 5.31. The Kier molecular flexibility index (Phi) is 6.20. The quantitative estimate of drug-likeness (QED) is 0.764. The zero-order valence-electron chi connectivity index (χ0n) is 13.1. The van der Waals surface area contributed by atoms with E-state index in [9.17, 15) is 4.79 Å². The van der Waals surface area contributed by atoms with E-state index in [-0.39, 0.29) is 11.0 Å². The van der Waals surface area contributed by atoms with Crippen LogP contribution in [-0.4, -0.2) is 22.6 Å². The van der Waals surface area contributed by atoms with Gasteiger partial charge in [-0.05, 0) is 30.7 Å². The summed E-state index contributed by atoms with van der Waals surface area (Å²) in [4.78, 5) is 16.5. The first-order chi connectivity index (χ1) is 9.48. The highest BCUT2D eigenvalue weighted by atomic mass is 16.1. The van der Waals surface area contributed by atoms with E-state index >= 15 is 0 Å². The number of nitrogens with one attached hydrogen (secondary N) is 1. The molecule has 1 heterocycles. The predicted octanol–water partition coefficient (Wildman–Crippen LogP) is 2.08. The molecule has 0 aliphatic heterocycles. The lowest BCUT2D eigenvalue weighted by molar-refractivity contribution is 0.294. The van der Waals surface area contributed by atoms with Gasteiger partial charge in [-0.3, -0.25) is 4.79 Å². The fourth-order valence-electron chi connectivity index (χ4n) is 2.24. The van der Waals surface area contributed by atoms with Gasteiger partial charge in [0, 0.05) is 25.5 Å². The van der Waals surface area contributed by atoms with Crippen molar-refractivity contribution in [3.63, 3.8) is 0 Å². The first-order valence-electron chi connectivity index (χ1n) is 7.47. The standard InChI is InChI=1S/C15H28N4O/c1-5-15(6-2,10-16)11-18-13-14(20)19(8-7-17-13)9-12(3)4/h7-8,12H,5-6,9-11,16H2,1-4H3,(H,17,18). The fraction of sp³-hybridized carbons (Fsp3) is 0.733. The molecule has 0 fully saturated rings. The molecule has 0 unspecified atom stereocenters. The number of nitrogens with zero attached hydrogens (tertiary/aromatic N) is 2. The van der Waals surface area contributed by atoms with Crippen LogP contribution in [0.15, 0.2) is 17.2 Å². The van der Waals surface area contributed by atoms with E-state index in [1.807, 2.05) is 0 Å². The number of nitrogens with two attached hydrogens (primary N) is 1. The Labute approximate surface area is 121 Å². The van der Waals surface area contributed by atoms with Crippen LogP contribution < -0.4 is 16.6 Å². The molecule has 3 N–H and O–H groups in total. The first kappa shape index (κ1) is 16.7. The van der Waals surface area contributed by atoms with Crippen molar-refractivity contribution in [3.8, 4) is 0 Å². The molecule has 0 aliphatic rings. The number of hydrogen-bond acceptors (Lipinski definition) is 4. The summed E-state index contributed by atoms with van der Waals surface area (Å²) in [5, 5.41) is 3.20. The Morgan fingerprint density at radius 3 is 2.55 bits per heavy atom. The van der Waals surface area contributed by atoms with E-state index in [1.165, 1.54) is 0 Å². The van der Waals surface area contributed by atoms with Crippen LogP contribution in [0.4, 0.5) is 5.82 Å². The van der Waals surface area contributed by atoms with E-state index in [2.05, 4.69) is 38.0 Å². The maximum atomic E-state index is 12.3. The molecule has 5 heteroatoms. The summed E-state index contributed by atoms with van der Waals surface area (Å²) in [6, 6.07) is 0. The van der Waals surface area contributed by atoms with Gasteiger partial charge in [0.05, 0.1) is 0 Å². The lowest BCUT2D eigenvalue weighted by Gasteiger charge is -2.30. The smallest absolute Gasteiger partial charge is 0.293 e. The molecule has 0 spiro atoms. The second-order valence-corrected chi connectivity index (χ2v) is 5.89. The minimum atomic E-state index is -0.0562. The van der Waals surface area contributed by atoms with Gasteiger partial charge < -0.3 is 15.6 Å². The molecule has 0 amide bonds. The van der Waals surface area contributed by atoms with Crippen LogP contribution in [0.25, 0.3) is 0 Å². The summed E-state index contributed by atoms with van der Waals surface area (Å²) < 4.78 is 1.71. The molecular weight excluding hydrogens is 252 g/mol. The van der Waals surface area contributed by atoms with Crippen molar-refractivity contribution in [1.29, 1.82) is 0 Å². The van der Waals surface area contributed by atoms with Crippen molar-refractivity contribution < 1.29 is 0 Å². The van der Waals surface area contributed by atoms with Gasteiger partial charge in [0.2, 0.25) is 0 Å². The third kappa shape index (κ3) is 4.07. The van der Waals surface area contributed by atoms with Crippen LogP contribution >= 0.6 is 0 Å².